The highest BCUT2D eigenvalue weighted by Gasteiger charge is 2.18. The van der Waals surface area contributed by atoms with Crippen LogP contribution >= 0.6 is 11.6 Å². The standard InChI is InChI=1S/C18H13ClN2O4/c19-11-2-4-12(5-3-11)21-9-10(1-8-15(21)23)17(24)13-6-7-14(22)16(20)18(13)25/h1-9,22,25H,20H2. The number of nitrogens with zero attached hydrogens (tertiary/aromatic N) is 1. The van der Waals surface area contributed by atoms with Crippen molar-refractivity contribution in [2.75, 3.05) is 5.73 Å². The normalized spacial score (nSPS) is 10.6. The summed E-state index contributed by atoms with van der Waals surface area (Å²) in [6.45, 7) is 0. The minimum atomic E-state index is -0.535. The van der Waals surface area contributed by atoms with E-state index >= 15 is 0 Å². The van der Waals surface area contributed by atoms with Crippen molar-refractivity contribution in [3.63, 3.8) is 0 Å². The largest absolute Gasteiger partial charge is 0.506 e. The SMILES string of the molecule is Nc1c(O)ccc(C(=O)c2ccc(=O)n(-c3ccc(Cl)cc3)c2)c1O. The third-order valence-corrected chi connectivity index (χ3v) is 3.97. The maximum absolute atomic E-state index is 12.6. The van der Waals surface area contributed by atoms with Gasteiger partial charge in [-0.05, 0) is 42.5 Å². The Balaban J connectivity index is 2.08. The van der Waals surface area contributed by atoms with Gasteiger partial charge in [0.1, 0.15) is 11.4 Å². The van der Waals surface area contributed by atoms with Gasteiger partial charge in [-0.3, -0.25) is 14.2 Å². The zero-order chi connectivity index (χ0) is 18.1. The van der Waals surface area contributed by atoms with E-state index in [0.717, 1.165) is 0 Å². The molecule has 3 rings (SSSR count). The first-order chi connectivity index (χ1) is 11.9. The van der Waals surface area contributed by atoms with Crippen molar-refractivity contribution < 1.29 is 15.0 Å². The number of halogens is 1. The van der Waals surface area contributed by atoms with Crippen LogP contribution in [0, 0.1) is 0 Å². The molecule has 0 atom stereocenters. The highest BCUT2D eigenvalue weighted by atomic mass is 35.5. The number of aromatic hydroxyl groups is 2. The predicted molar refractivity (Wildman–Crippen MR) is 94.7 cm³/mol. The zero-order valence-electron chi connectivity index (χ0n) is 12.8. The van der Waals surface area contributed by atoms with E-state index in [4.69, 9.17) is 17.3 Å². The predicted octanol–water partition coefficient (Wildman–Crippen LogP) is 2.72. The van der Waals surface area contributed by atoms with Gasteiger partial charge in [-0.1, -0.05) is 11.6 Å². The molecule has 0 aliphatic rings. The van der Waals surface area contributed by atoms with Crippen LogP contribution in [-0.4, -0.2) is 20.6 Å². The number of carbonyl (C=O) groups is 1. The molecule has 1 heterocycles. The fraction of sp³-hybridized carbons (Fsp3) is 0. The molecule has 6 nitrogen and oxygen atoms in total. The summed E-state index contributed by atoms with van der Waals surface area (Å²) < 4.78 is 1.30. The van der Waals surface area contributed by atoms with E-state index in [1.807, 2.05) is 0 Å². The molecule has 4 N–H and O–H groups in total. The number of carbonyl (C=O) groups excluding carboxylic acids is 1. The molecule has 0 aliphatic carbocycles. The van der Waals surface area contributed by atoms with E-state index in [9.17, 15) is 19.8 Å². The number of anilines is 1. The number of aromatic nitrogens is 1. The van der Waals surface area contributed by atoms with Gasteiger partial charge in [0.25, 0.3) is 5.56 Å². The summed E-state index contributed by atoms with van der Waals surface area (Å²) in [5, 5.41) is 20.0. The van der Waals surface area contributed by atoms with Gasteiger partial charge in [-0.15, -0.1) is 0 Å². The Hall–Kier alpha value is -3.25. The van der Waals surface area contributed by atoms with Gasteiger partial charge in [0.2, 0.25) is 0 Å². The van der Waals surface area contributed by atoms with Crippen LogP contribution in [-0.2, 0) is 0 Å². The first kappa shape index (κ1) is 16.6. The molecule has 3 aromatic rings. The summed E-state index contributed by atoms with van der Waals surface area (Å²) >= 11 is 5.84. The Kier molecular flexibility index (Phi) is 4.21. The van der Waals surface area contributed by atoms with Gasteiger partial charge in [-0.2, -0.15) is 0 Å². The van der Waals surface area contributed by atoms with Crippen LogP contribution in [0.5, 0.6) is 11.5 Å². The second-order valence-electron chi connectivity index (χ2n) is 5.33. The number of phenolic OH excluding ortho intramolecular Hbond substituents is 2. The average molecular weight is 357 g/mol. The molecule has 0 spiro atoms. The highest BCUT2D eigenvalue weighted by Crippen LogP contribution is 2.34. The zero-order valence-corrected chi connectivity index (χ0v) is 13.6. The maximum atomic E-state index is 12.6. The summed E-state index contributed by atoms with van der Waals surface area (Å²) in [5.41, 5.74) is 5.58. The minimum Gasteiger partial charge on any atom is -0.506 e. The molecule has 126 valence electrons. The number of benzene rings is 2. The summed E-state index contributed by atoms with van der Waals surface area (Å²) in [7, 11) is 0. The summed E-state index contributed by atoms with van der Waals surface area (Å²) in [6.07, 6.45) is 1.37. The number of pyridine rings is 1. The molecule has 1 aromatic heterocycles. The van der Waals surface area contributed by atoms with Crippen molar-refractivity contribution in [1.29, 1.82) is 0 Å². The topological polar surface area (TPSA) is 106 Å². The number of phenols is 2. The Morgan fingerprint density at radius 2 is 1.68 bits per heavy atom. The van der Waals surface area contributed by atoms with Crippen molar-refractivity contribution in [2.45, 2.75) is 0 Å². The van der Waals surface area contributed by atoms with E-state index in [-0.39, 0.29) is 28.1 Å². The van der Waals surface area contributed by atoms with Crippen molar-refractivity contribution in [3.05, 3.63) is 81.2 Å². The molecule has 7 heteroatoms. The molecule has 0 amide bonds. The van der Waals surface area contributed by atoms with E-state index in [0.29, 0.717) is 10.7 Å². The maximum Gasteiger partial charge on any atom is 0.255 e. The molecule has 0 fully saturated rings. The van der Waals surface area contributed by atoms with Gasteiger partial charge in [0, 0.05) is 28.5 Å². The van der Waals surface area contributed by atoms with Crippen molar-refractivity contribution in [3.8, 4) is 17.2 Å². The Bertz CT molecular complexity index is 1030. The van der Waals surface area contributed by atoms with E-state index in [1.165, 1.54) is 35.0 Å². The van der Waals surface area contributed by atoms with Gasteiger partial charge in [0.05, 0.1) is 5.56 Å². The first-order valence-corrected chi connectivity index (χ1v) is 7.60. The van der Waals surface area contributed by atoms with Crippen molar-refractivity contribution in [1.82, 2.24) is 4.57 Å². The molecule has 0 radical (unpaired) electrons. The molecule has 2 aromatic carbocycles. The number of nitrogens with two attached hydrogens (primary N) is 1. The lowest BCUT2D eigenvalue weighted by Crippen LogP contribution is -2.18. The number of ketones is 1. The molecule has 0 saturated carbocycles. The van der Waals surface area contributed by atoms with Gasteiger partial charge in [-0.25, -0.2) is 0 Å². The summed E-state index contributed by atoms with van der Waals surface area (Å²) in [5.74, 6) is -1.36. The third-order valence-electron chi connectivity index (χ3n) is 3.72. The fourth-order valence-electron chi connectivity index (χ4n) is 2.36. The highest BCUT2D eigenvalue weighted by molar-refractivity contribution is 6.30. The van der Waals surface area contributed by atoms with E-state index < -0.39 is 11.5 Å². The fourth-order valence-corrected chi connectivity index (χ4v) is 2.49. The summed E-state index contributed by atoms with van der Waals surface area (Å²) in [6, 6.07) is 11.7. The Morgan fingerprint density at radius 3 is 2.36 bits per heavy atom. The third kappa shape index (κ3) is 3.07. The smallest absolute Gasteiger partial charge is 0.255 e. The molecular formula is C18H13ClN2O4. The van der Waals surface area contributed by atoms with Gasteiger partial charge < -0.3 is 15.9 Å². The minimum absolute atomic E-state index is 0.0726. The van der Waals surface area contributed by atoms with Crippen LogP contribution in [0.4, 0.5) is 5.69 Å². The Labute approximate surface area is 147 Å². The van der Waals surface area contributed by atoms with Crippen molar-refractivity contribution in [2.24, 2.45) is 0 Å². The first-order valence-electron chi connectivity index (χ1n) is 7.22. The second kappa shape index (κ2) is 6.33. The quantitative estimate of drug-likeness (QED) is 0.380. The van der Waals surface area contributed by atoms with Crippen LogP contribution in [0.3, 0.4) is 0 Å². The lowest BCUT2D eigenvalue weighted by atomic mass is 10.0. The van der Waals surface area contributed by atoms with Crippen LogP contribution < -0.4 is 11.3 Å². The van der Waals surface area contributed by atoms with Crippen LogP contribution in [0.1, 0.15) is 15.9 Å². The number of hydrogen-bond donors (Lipinski definition) is 3. The van der Waals surface area contributed by atoms with Gasteiger partial charge in [0.15, 0.2) is 11.5 Å². The Morgan fingerprint density at radius 1 is 1.00 bits per heavy atom. The summed E-state index contributed by atoms with van der Waals surface area (Å²) in [4.78, 5) is 24.7. The molecule has 0 bridgehead atoms. The van der Waals surface area contributed by atoms with Crippen LogP contribution in [0.2, 0.25) is 5.02 Å². The molecule has 0 saturated heterocycles. The molecule has 0 unspecified atom stereocenters. The molecule has 0 aliphatic heterocycles. The lowest BCUT2D eigenvalue weighted by molar-refractivity contribution is 0.103. The van der Waals surface area contributed by atoms with Crippen LogP contribution in [0.25, 0.3) is 5.69 Å². The molecular weight excluding hydrogens is 344 g/mol. The van der Waals surface area contributed by atoms with Crippen molar-refractivity contribution >= 4 is 23.1 Å². The van der Waals surface area contributed by atoms with Gasteiger partial charge >= 0.3 is 0 Å². The average Bonchev–Trinajstić information content (AvgIpc) is 2.61. The monoisotopic (exact) mass is 356 g/mol. The second-order valence-corrected chi connectivity index (χ2v) is 5.76. The van der Waals surface area contributed by atoms with E-state index in [2.05, 4.69) is 0 Å². The number of hydrogen-bond acceptors (Lipinski definition) is 5. The number of nitrogen functional groups attached to an aromatic ring is 1. The number of rotatable bonds is 3. The van der Waals surface area contributed by atoms with E-state index in [1.54, 1.807) is 24.3 Å². The van der Waals surface area contributed by atoms with Crippen LogP contribution in [0.15, 0.2) is 59.5 Å². The lowest BCUT2D eigenvalue weighted by Gasteiger charge is -2.10. The molecule has 25 heavy (non-hydrogen) atoms.